The molecule has 7 heteroatoms. The number of carbonyl (C=O) groups excluding carboxylic acids is 2. The van der Waals surface area contributed by atoms with Gasteiger partial charge < -0.3 is 20.3 Å². The molecule has 0 aromatic heterocycles. The van der Waals surface area contributed by atoms with Crippen molar-refractivity contribution in [2.45, 2.75) is 19.4 Å². The first-order valence-electron chi connectivity index (χ1n) is 7.64. The van der Waals surface area contributed by atoms with Gasteiger partial charge >= 0.3 is 0 Å². The van der Waals surface area contributed by atoms with E-state index in [0.717, 1.165) is 26.2 Å². The van der Waals surface area contributed by atoms with Crippen LogP contribution in [0.3, 0.4) is 0 Å². The molecule has 2 aliphatic heterocycles. The van der Waals surface area contributed by atoms with E-state index in [1.54, 1.807) is 0 Å². The number of hydrogen-bond acceptors (Lipinski definition) is 5. The van der Waals surface area contributed by atoms with Crippen molar-refractivity contribution in [1.82, 2.24) is 20.4 Å². The molecule has 2 aliphatic rings. The van der Waals surface area contributed by atoms with Crippen molar-refractivity contribution in [3.63, 3.8) is 0 Å². The molecule has 0 aliphatic carbocycles. The van der Waals surface area contributed by atoms with Crippen molar-refractivity contribution in [2.75, 3.05) is 59.0 Å². The highest BCUT2D eigenvalue weighted by atomic mass is 16.5. The summed E-state index contributed by atoms with van der Waals surface area (Å²) in [6, 6.07) is 0. The Bertz CT molecular complexity index is 376. The molecule has 0 unspecified atom stereocenters. The molecule has 0 aromatic rings. The number of nitrogens with zero attached hydrogens (tertiary/aromatic N) is 2. The summed E-state index contributed by atoms with van der Waals surface area (Å²) in [4.78, 5) is 27.5. The molecule has 0 atom stereocenters. The quantitative estimate of drug-likeness (QED) is 0.634. The van der Waals surface area contributed by atoms with Crippen LogP contribution in [0.15, 0.2) is 0 Å². The first-order valence-corrected chi connectivity index (χ1v) is 7.64. The fourth-order valence-electron chi connectivity index (χ4n) is 2.52. The highest BCUT2D eigenvalue weighted by Gasteiger charge is 2.33. The van der Waals surface area contributed by atoms with Gasteiger partial charge in [0, 0.05) is 45.8 Å². The second kappa shape index (κ2) is 7.20. The maximum absolute atomic E-state index is 12.1. The second-order valence-corrected chi connectivity index (χ2v) is 5.95. The van der Waals surface area contributed by atoms with Gasteiger partial charge in [-0.3, -0.25) is 14.5 Å². The van der Waals surface area contributed by atoms with Crippen molar-refractivity contribution < 1.29 is 14.3 Å². The summed E-state index contributed by atoms with van der Waals surface area (Å²) in [5.74, 6) is 0.0896. The van der Waals surface area contributed by atoms with Crippen molar-refractivity contribution in [3.8, 4) is 0 Å². The zero-order valence-corrected chi connectivity index (χ0v) is 13.0. The lowest BCUT2D eigenvalue weighted by Crippen LogP contribution is -2.60. The fourth-order valence-corrected chi connectivity index (χ4v) is 2.52. The molecule has 0 radical (unpaired) electrons. The molecular formula is C14H26N4O3. The van der Waals surface area contributed by atoms with Gasteiger partial charge in [0.1, 0.15) is 6.61 Å². The van der Waals surface area contributed by atoms with Crippen LogP contribution >= 0.6 is 0 Å². The maximum Gasteiger partial charge on any atom is 0.248 e. The smallest absolute Gasteiger partial charge is 0.248 e. The van der Waals surface area contributed by atoms with Gasteiger partial charge in [-0.15, -0.1) is 0 Å². The fraction of sp³-hybridized carbons (Fsp3) is 0.857. The normalized spacial score (nSPS) is 21.7. The molecule has 0 saturated carbocycles. The second-order valence-electron chi connectivity index (χ2n) is 5.95. The van der Waals surface area contributed by atoms with Crippen molar-refractivity contribution in [1.29, 1.82) is 0 Å². The van der Waals surface area contributed by atoms with Crippen LogP contribution in [0.4, 0.5) is 0 Å². The van der Waals surface area contributed by atoms with Crippen LogP contribution in [-0.2, 0) is 14.3 Å². The van der Waals surface area contributed by atoms with E-state index >= 15 is 0 Å². The third-order valence-electron chi connectivity index (χ3n) is 4.01. The van der Waals surface area contributed by atoms with Crippen LogP contribution in [0, 0.1) is 0 Å². The van der Waals surface area contributed by atoms with E-state index < -0.39 is 0 Å². The lowest BCUT2D eigenvalue weighted by molar-refractivity contribution is -0.147. The molecule has 0 aromatic carbocycles. The van der Waals surface area contributed by atoms with E-state index in [1.165, 1.54) is 0 Å². The van der Waals surface area contributed by atoms with E-state index in [2.05, 4.69) is 15.5 Å². The molecule has 2 heterocycles. The minimum Gasteiger partial charge on any atom is -0.363 e. The van der Waals surface area contributed by atoms with Gasteiger partial charge in [-0.25, -0.2) is 0 Å². The molecule has 21 heavy (non-hydrogen) atoms. The highest BCUT2D eigenvalue weighted by Crippen LogP contribution is 2.15. The average molecular weight is 298 g/mol. The summed E-state index contributed by atoms with van der Waals surface area (Å²) in [7, 11) is 0. The monoisotopic (exact) mass is 298 g/mol. The number of rotatable bonds is 6. The highest BCUT2D eigenvalue weighted by molar-refractivity contribution is 5.78. The molecule has 7 nitrogen and oxygen atoms in total. The van der Waals surface area contributed by atoms with Crippen LogP contribution in [0.25, 0.3) is 0 Å². The van der Waals surface area contributed by atoms with Gasteiger partial charge in [-0.1, -0.05) is 0 Å². The Morgan fingerprint density at radius 2 is 1.90 bits per heavy atom. The molecule has 2 amide bonds. The van der Waals surface area contributed by atoms with E-state index in [1.807, 2.05) is 18.7 Å². The van der Waals surface area contributed by atoms with Crippen LogP contribution in [0.2, 0.25) is 0 Å². The summed E-state index contributed by atoms with van der Waals surface area (Å²) in [5.41, 5.74) is -0.185. The molecule has 0 bridgehead atoms. The zero-order valence-electron chi connectivity index (χ0n) is 13.0. The van der Waals surface area contributed by atoms with Crippen molar-refractivity contribution in [2.24, 2.45) is 0 Å². The Labute approximate surface area is 126 Å². The topological polar surface area (TPSA) is 73.9 Å². The first kappa shape index (κ1) is 16.2. The zero-order chi connectivity index (χ0) is 15.3. The Hall–Kier alpha value is -1.18. The number of ether oxygens (including phenoxy) is 1. The van der Waals surface area contributed by atoms with Gasteiger partial charge in [-0.2, -0.15) is 0 Å². The molecule has 2 rings (SSSR count). The van der Waals surface area contributed by atoms with Gasteiger partial charge in [0.05, 0.1) is 12.1 Å². The van der Waals surface area contributed by atoms with Gasteiger partial charge in [0.2, 0.25) is 11.8 Å². The predicted octanol–water partition coefficient (Wildman–Crippen LogP) is -1.35. The molecular weight excluding hydrogens is 272 g/mol. The van der Waals surface area contributed by atoms with Gasteiger partial charge in [0.15, 0.2) is 0 Å². The Morgan fingerprint density at radius 1 is 1.24 bits per heavy atom. The molecule has 2 fully saturated rings. The summed E-state index contributed by atoms with van der Waals surface area (Å²) in [6.07, 6.45) is 0. The lowest BCUT2D eigenvalue weighted by atomic mass is 10.0. The van der Waals surface area contributed by atoms with E-state index in [9.17, 15) is 9.59 Å². The van der Waals surface area contributed by atoms with Crippen LogP contribution in [0.5, 0.6) is 0 Å². The SMILES string of the molecule is CCNC(=O)CN1CCN(C(=O)COC2(C)CNC2)CC1. The van der Waals surface area contributed by atoms with Gasteiger partial charge in [0.25, 0.3) is 0 Å². The van der Waals surface area contributed by atoms with Crippen LogP contribution in [-0.4, -0.2) is 86.2 Å². The minimum absolute atomic E-state index is 0.0424. The number of carbonyl (C=O) groups is 2. The summed E-state index contributed by atoms with van der Waals surface area (Å²) >= 11 is 0. The summed E-state index contributed by atoms with van der Waals surface area (Å²) < 4.78 is 5.67. The largest absolute Gasteiger partial charge is 0.363 e. The van der Waals surface area contributed by atoms with Crippen molar-refractivity contribution >= 4 is 11.8 Å². The van der Waals surface area contributed by atoms with Crippen LogP contribution < -0.4 is 10.6 Å². The summed E-state index contributed by atoms with van der Waals surface area (Å²) in [5, 5.41) is 5.93. The number of hydrogen-bond donors (Lipinski definition) is 2. The molecule has 2 N–H and O–H groups in total. The minimum atomic E-state index is -0.185. The van der Waals surface area contributed by atoms with E-state index in [0.29, 0.717) is 26.2 Å². The van der Waals surface area contributed by atoms with E-state index in [-0.39, 0.29) is 24.0 Å². The Morgan fingerprint density at radius 3 is 2.43 bits per heavy atom. The Balaban J connectivity index is 1.65. The average Bonchev–Trinajstić information content (AvgIpc) is 2.44. The number of amides is 2. The lowest BCUT2D eigenvalue weighted by Gasteiger charge is -2.40. The first-order chi connectivity index (χ1) is 10.0. The maximum atomic E-state index is 12.1. The summed E-state index contributed by atoms with van der Waals surface area (Å²) in [6.45, 7) is 9.55. The number of likely N-dealkylation sites (N-methyl/N-ethyl adjacent to an activating group) is 1. The van der Waals surface area contributed by atoms with Gasteiger partial charge in [-0.05, 0) is 13.8 Å². The molecule has 2 saturated heterocycles. The third kappa shape index (κ3) is 4.66. The van der Waals surface area contributed by atoms with Crippen molar-refractivity contribution in [3.05, 3.63) is 0 Å². The number of nitrogens with one attached hydrogen (secondary N) is 2. The molecule has 0 spiro atoms. The van der Waals surface area contributed by atoms with E-state index in [4.69, 9.17) is 4.74 Å². The standard InChI is InChI=1S/C14H26N4O3/c1-3-16-12(19)8-17-4-6-18(7-5-17)13(20)9-21-14(2)10-15-11-14/h15H,3-11H2,1-2H3,(H,16,19). The Kier molecular flexibility index (Phi) is 5.55. The molecule has 120 valence electrons. The number of piperazine rings is 1. The van der Waals surface area contributed by atoms with Crippen LogP contribution in [0.1, 0.15) is 13.8 Å². The third-order valence-corrected chi connectivity index (χ3v) is 4.01. The predicted molar refractivity (Wildman–Crippen MR) is 78.9 cm³/mol.